The van der Waals surface area contributed by atoms with Crippen molar-refractivity contribution in [3.8, 4) is 0 Å². The van der Waals surface area contributed by atoms with Crippen molar-refractivity contribution in [1.82, 2.24) is 20.4 Å². The molecule has 0 aromatic carbocycles. The Balaban J connectivity index is 2.20. The molecule has 2 aromatic rings. The van der Waals surface area contributed by atoms with Gasteiger partial charge in [0.1, 0.15) is 10.7 Å². The van der Waals surface area contributed by atoms with Crippen LogP contribution in [0.2, 0.25) is 0 Å². The highest BCUT2D eigenvalue weighted by Gasteiger charge is 2.20. The van der Waals surface area contributed by atoms with Gasteiger partial charge in [0.25, 0.3) is 10.0 Å². The van der Waals surface area contributed by atoms with Crippen molar-refractivity contribution in [2.75, 3.05) is 10.5 Å². The van der Waals surface area contributed by atoms with E-state index < -0.39 is 10.0 Å². The van der Waals surface area contributed by atoms with E-state index in [1.807, 2.05) is 6.92 Å². The van der Waals surface area contributed by atoms with E-state index in [-0.39, 0.29) is 16.5 Å². The van der Waals surface area contributed by atoms with Gasteiger partial charge in [-0.1, -0.05) is 13.3 Å². The van der Waals surface area contributed by atoms with Crippen LogP contribution in [0.4, 0.5) is 11.6 Å². The number of aryl methyl sites for hydroxylation is 1. The van der Waals surface area contributed by atoms with Gasteiger partial charge < -0.3 is 5.73 Å². The molecule has 0 atom stereocenters. The van der Waals surface area contributed by atoms with Crippen LogP contribution < -0.4 is 10.5 Å². The maximum atomic E-state index is 11.9. The maximum absolute atomic E-state index is 11.9. The van der Waals surface area contributed by atoms with Crippen LogP contribution in [0.5, 0.6) is 0 Å². The number of nitrogen functional groups attached to an aromatic ring is 1. The third kappa shape index (κ3) is 2.45. The minimum atomic E-state index is -3.75. The molecule has 18 heavy (non-hydrogen) atoms. The van der Waals surface area contributed by atoms with Crippen LogP contribution in [0.25, 0.3) is 0 Å². The van der Waals surface area contributed by atoms with Gasteiger partial charge in [0.05, 0.1) is 6.20 Å². The van der Waals surface area contributed by atoms with Crippen LogP contribution in [-0.2, 0) is 16.4 Å². The van der Waals surface area contributed by atoms with Crippen LogP contribution in [0.3, 0.4) is 0 Å². The van der Waals surface area contributed by atoms with Gasteiger partial charge >= 0.3 is 0 Å². The summed E-state index contributed by atoms with van der Waals surface area (Å²) in [7, 11) is -3.75. The number of aromatic nitrogens is 4. The molecule has 0 radical (unpaired) electrons. The summed E-state index contributed by atoms with van der Waals surface area (Å²) in [6.45, 7) is 2.02. The van der Waals surface area contributed by atoms with E-state index in [4.69, 9.17) is 5.73 Å². The van der Waals surface area contributed by atoms with Crippen molar-refractivity contribution >= 4 is 21.7 Å². The molecule has 0 aliphatic carbocycles. The van der Waals surface area contributed by atoms with E-state index >= 15 is 0 Å². The predicted molar refractivity (Wildman–Crippen MR) is 66.4 cm³/mol. The first-order valence-electron chi connectivity index (χ1n) is 5.39. The molecule has 5 N–H and O–H groups in total. The number of anilines is 2. The van der Waals surface area contributed by atoms with Gasteiger partial charge in [0, 0.05) is 11.8 Å². The quantitative estimate of drug-likeness (QED) is 0.627. The summed E-state index contributed by atoms with van der Waals surface area (Å²) >= 11 is 0. The lowest BCUT2D eigenvalue weighted by molar-refractivity contribution is 0.601. The predicted octanol–water partition coefficient (Wildman–Crippen LogP) is 0.468. The number of nitrogens with one attached hydrogen (secondary N) is 3. The average molecular weight is 270 g/mol. The number of hydrogen-bond acceptors (Lipinski definition) is 5. The van der Waals surface area contributed by atoms with Gasteiger partial charge in [0.15, 0.2) is 5.82 Å². The molecule has 98 valence electrons. The maximum Gasteiger partial charge on any atom is 0.268 e. The van der Waals surface area contributed by atoms with Gasteiger partial charge in [0.2, 0.25) is 0 Å². The molecule has 0 unspecified atom stereocenters. The van der Waals surface area contributed by atoms with Gasteiger partial charge in [-0.15, -0.1) is 0 Å². The van der Waals surface area contributed by atoms with Crippen molar-refractivity contribution in [2.45, 2.75) is 24.7 Å². The van der Waals surface area contributed by atoms with Gasteiger partial charge in [-0.3, -0.25) is 14.9 Å². The fourth-order valence-electron chi connectivity index (χ4n) is 1.50. The summed E-state index contributed by atoms with van der Waals surface area (Å²) in [6.07, 6.45) is 2.91. The van der Waals surface area contributed by atoms with Crippen molar-refractivity contribution in [1.29, 1.82) is 0 Å². The van der Waals surface area contributed by atoms with E-state index in [0.29, 0.717) is 0 Å². The van der Waals surface area contributed by atoms with E-state index in [1.165, 1.54) is 0 Å². The Labute approximate surface area is 104 Å². The first-order valence-corrected chi connectivity index (χ1v) is 6.87. The Bertz CT molecular complexity index is 629. The zero-order chi connectivity index (χ0) is 13.2. The standard InChI is InChI=1S/C9H14N6O2S/c1-2-3-6-4-8(13-12-6)15-18(16,17)7-5-11-14-9(7)10/h4-5H,2-3H2,1H3,(H3,10,11,14)(H2,12,13,15). The van der Waals surface area contributed by atoms with Gasteiger partial charge in [-0.2, -0.15) is 10.2 Å². The third-order valence-electron chi connectivity index (χ3n) is 2.31. The molecule has 0 amide bonds. The largest absolute Gasteiger partial charge is 0.383 e. The van der Waals surface area contributed by atoms with Crippen LogP contribution in [0.15, 0.2) is 17.2 Å². The number of H-pyrrole nitrogens is 2. The number of nitrogens with zero attached hydrogens (tertiary/aromatic N) is 2. The van der Waals surface area contributed by atoms with E-state index in [0.717, 1.165) is 24.7 Å². The van der Waals surface area contributed by atoms with Crippen LogP contribution in [0, 0.1) is 0 Å². The molecule has 2 rings (SSSR count). The monoisotopic (exact) mass is 270 g/mol. The lowest BCUT2D eigenvalue weighted by Gasteiger charge is -2.02. The van der Waals surface area contributed by atoms with Crippen LogP contribution in [-0.4, -0.2) is 28.8 Å². The highest BCUT2D eigenvalue weighted by Crippen LogP contribution is 2.18. The van der Waals surface area contributed by atoms with Gasteiger partial charge in [-0.05, 0) is 6.42 Å². The summed E-state index contributed by atoms with van der Waals surface area (Å²) in [6, 6.07) is 1.65. The molecule has 0 fully saturated rings. The van der Waals surface area contributed by atoms with Crippen molar-refractivity contribution in [2.24, 2.45) is 0 Å². The summed E-state index contributed by atoms with van der Waals surface area (Å²) in [5.41, 5.74) is 6.34. The molecule has 0 aliphatic rings. The minimum Gasteiger partial charge on any atom is -0.383 e. The van der Waals surface area contributed by atoms with Crippen molar-refractivity contribution in [3.05, 3.63) is 18.0 Å². The second-order valence-corrected chi connectivity index (χ2v) is 5.43. The number of nitrogens with two attached hydrogens (primary N) is 1. The molecule has 0 aliphatic heterocycles. The summed E-state index contributed by atoms with van der Waals surface area (Å²) in [4.78, 5) is -0.0949. The molecule has 8 nitrogen and oxygen atoms in total. The Morgan fingerprint density at radius 2 is 2.22 bits per heavy atom. The normalized spacial score (nSPS) is 11.6. The lowest BCUT2D eigenvalue weighted by Crippen LogP contribution is -2.14. The first kappa shape index (κ1) is 12.4. The average Bonchev–Trinajstić information content (AvgIpc) is 2.88. The zero-order valence-corrected chi connectivity index (χ0v) is 10.6. The highest BCUT2D eigenvalue weighted by molar-refractivity contribution is 7.92. The summed E-state index contributed by atoms with van der Waals surface area (Å²) < 4.78 is 26.2. The number of aromatic amines is 2. The molecular formula is C9H14N6O2S. The third-order valence-corrected chi connectivity index (χ3v) is 3.69. The molecule has 0 saturated carbocycles. The fourth-order valence-corrected chi connectivity index (χ4v) is 2.52. The first-order chi connectivity index (χ1) is 8.53. The molecule has 2 aromatic heterocycles. The second-order valence-electron chi connectivity index (χ2n) is 3.78. The fraction of sp³-hybridized carbons (Fsp3) is 0.333. The highest BCUT2D eigenvalue weighted by atomic mass is 32.2. The van der Waals surface area contributed by atoms with Crippen LogP contribution >= 0.6 is 0 Å². The SMILES string of the molecule is CCCc1cc(NS(=O)(=O)c2cn[nH]c2N)n[nH]1. The Morgan fingerprint density at radius 1 is 1.44 bits per heavy atom. The Kier molecular flexibility index (Phi) is 3.24. The molecule has 0 spiro atoms. The second kappa shape index (κ2) is 4.69. The molecule has 9 heteroatoms. The summed E-state index contributed by atoms with van der Waals surface area (Å²) in [5.74, 6) is 0.228. The lowest BCUT2D eigenvalue weighted by atomic mass is 10.2. The van der Waals surface area contributed by atoms with Crippen molar-refractivity contribution in [3.63, 3.8) is 0 Å². The number of hydrogen-bond donors (Lipinski definition) is 4. The Morgan fingerprint density at radius 3 is 2.83 bits per heavy atom. The van der Waals surface area contributed by atoms with E-state index in [9.17, 15) is 8.42 Å². The van der Waals surface area contributed by atoms with Crippen LogP contribution in [0.1, 0.15) is 19.0 Å². The van der Waals surface area contributed by atoms with E-state index in [1.54, 1.807) is 6.07 Å². The molecule has 0 saturated heterocycles. The minimum absolute atomic E-state index is 0.00758. The van der Waals surface area contributed by atoms with E-state index in [2.05, 4.69) is 25.1 Å². The topological polar surface area (TPSA) is 130 Å². The molecule has 0 bridgehead atoms. The van der Waals surface area contributed by atoms with Gasteiger partial charge in [-0.25, -0.2) is 8.42 Å². The molecular weight excluding hydrogens is 256 g/mol. The zero-order valence-electron chi connectivity index (χ0n) is 9.77. The Hall–Kier alpha value is -2.03. The summed E-state index contributed by atoms with van der Waals surface area (Å²) in [5, 5.41) is 12.6. The molecule has 2 heterocycles. The smallest absolute Gasteiger partial charge is 0.268 e. The number of rotatable bonds is 5. The van der Waals surface area contributed by atoms with Crippen molar-refractivity contribution < 1.29 is 8.42 Å². The number of sulfonamides is 1.